The van der Waals surface area contributed by atoms with Crippen molar-refractivity contribution in [2.45, 2.75) is 89.0 Å². The van der Waals surface area contributed by atoms with Gasteiger partial charge in [0.15, 0.2) is 5.96 Å². The van der Waals surface area contributed by atoms with E-state index in [0.29, 0.717) is 31.5 Å². The molecule has 17 nitrogen and oxygen atoms in total. The van der Waals surface area contributed by atoms with Crippen LogP contribution in [0.25, 0.3) is 0 Å². The smallest absolute Gasteiger partial charge is 0.243 e. The van der Waals surface area contributed by atoms with Gasteiger partial charge in [-0.2, -0.15) is 0 Å². The molecule has 15 N–H and O–H groups in total. The van der Waals surface area contributed by atoms with Crippen LogP contribution in [0.3, 0.4) is 0 Å². The van der Waals surface area contributed by atoms with Crippen molar-refractivity contribution in [3.63, 3.8) is 0 Å². The predicted octanol–water partition coefficient (Wildman–Crippen LogP) is -2.21. The highest BCUT2D eigenvalue weighted by atomic mass is 16.2. The standard InChI is InChI=1S/C32H52N12O5/c1-19(2)27(44-29(47)23(11-7-13-39-32(36)37)41-26(45)15-21(34)10-6-12-33)31(49)43-25(16-22-17-38-18-40-22)30(48)42-24(28(35)46)14-20-8-4-3-5-9-20/h3-5,8-9,17-19,21,23-25,27H,6-7,10-16,33-34H2,1-2H3,(H2,35,46)(H,38,40)(H,41,45)(H,42,48)(H,43,49)(H,44,47)(H4,36,37,39)/t21-,23-,24-,25-,27-/m0/s1. The average molecular weight is 685 g/mol. The summed E-state index contributed by atoms with van der Waals surface area (Å²) in [6.45, 7) is 4.10. The van der Waals surface area contributed by atoms with E-state index in [1.54, 1.807) is 38.1 Å². The molecule has 0 aliphatic rings. The fourth-order valence-electron chi connectivity index (χ4n) is 4.97. The number of nitrogens with one attached hydrogen (secondary N) is 5. The number of guanidine groups is 1. The van der Waals surface area contributed by atoms with Crippen molar-refractivity contribution in [1.29, 1.82) is 0 Å². The van der Waals surface area contributed by atoms with Gasteiger partial charge in [0.05, 0.1) is 6.33 Å². The maximum atomic E-state index is 13.7. The topological polar surface area (TPSA) is 305 Å². The number of aromatic amines is 1. The molecular weight excluding hydrogens is 632 g/mol. The van der Waals surface area contributed by atoms with Crippen LogP contribution in [0.4, 0.5) is 0 Å². The van der Waals surface area contributed by atoms with E-state index in [2.05, 4.69) is 36.2 Å². The van der Waals surface area contributed by atoms with Crippen molar-refractivity contribution < 1.29 is 24.0 Å². The molecule has 1 aromatic carbocycles. The Kier molecular flexibility index (Phi) is 17.2. The van der Waals surface area contributed by atoms with Crippen molar-refractivity contribution in [3.05, 3.63) is 54.1 Å². The number of H-pyrrole nitrogens is 1. The number of hydrogen-bond acceptors (Lipinski definition) is 9. The number of rotatable bonds is 22. The van der Waals surface area contributed by atoms with Crippen LogP contribution in [0, 0.1) is 5.92 Å². The molecule has 1 aromatic heterocycles. The molecule has 270 valence electrons. The molecule has 2 rings (SSSR count). The van der Waals surface area contributed by atoms with Crippen molar-refractivity contribution in [2.24, 2.45) is 39.6 Å². The number of imidazole rings is 1. The summed E-state index contributed by atoms with van der Waals surface area (Å²) in [6.07, 6.45) is 4.76. The first-order chi connectivity index (χ1) is 23.3. The molecule has 0 bridgehead atoms. The number of amides is 5. The molecule has 0 aliphatic carbocycles. The predicted molar refractivity (Wildman–Crippen MR) is 185 cm³/mol. The minimum absolute atomic E-state index is 0.00103. The minimum atomic E-state index is -1.17. The Morgan fingerprint density at radius 1 is 0.837 bits per heavy atom. The lowest BCUT2D eigenvalue weighted by atomic mass is 10.0. The quantitative estimate of drug-likeness (QED) is 0.0362. The minimum Gasteiger partial charge on any atom is -0.370 e. The van der Waals surface area contributed by atoms with Crippen LogP contribution in [0.2, 0.25) is 0 Å². The fraction of sp³-hybridized carbons (Fsp3) is 0.531. The molecule has 0 aliphatic heterocycles. The van der Waals surface area contributed by atoms with Gasteiger partial charge in [-0.1, -0.05) is 44.2 Å². The lowest BCUT2D eigenvalue weighted by Gasteiger charge is -2.28. The van der Waals surface area contributed by atoms with Gasteiger partial charge in [-0.3, -0.25) is 29.0 Å². The average Bonchev–Trinajstić information content (AvgIpc) is 3.56. The van der Waals surface area contributed by atoms with E-state index < -0.39 is 65.7 Å². The van der Waals surface area contributed by atoms with Crippen molar-refractivity contribution in [1.82, 2.24) is 31.2 Å². The van der Waals surface area contributed by atoms with E-state index in [0.717, 1.165) is 5.56 Å². The van der Waals surface area contributed by atoms with Gasteiger partial charge in [0.1, 0.15) is 24.2 Å². The van der Waals surface area contributed by atoms with Crippen LogP contribution in [0.15, 0.2) is 47.8 Å². The van der Waals surface area contributed by atoms with E-state index in [1.807, 2.05) is 6.07 Å². The molecule has 1 heterocycles. The van der Waals surface area contributed by atoms with Crippen LogP contribution in [-0.2, 0) is 36.8 Å². The number of nitrogens with two attached hydrogens (primary N) is 5. The molecule has 0 radical (unpaired) electrons. The molecule has 49 heavy (non-hydrogen) atoms. The summed E-state index contributed by atoms with van der Waals surface area (Å²) in [6, 6.07) is 4.22. The number of carbonyl (C=O) groups excluding carboxylic acids is 5. The van der Waals surface area contributed by atoms with Gasteiger partial charge in [-0.15, -0.1) is 0 Å². The Hall–Kier alpha value is -5.03. The molecule has 0 unspecified atom stereocenters. The summed E-state index contributed by atoms with van der Waals surface area (Å²) in [5.41, 5.74) is 29.3. The Bertz CT molecular complexity index is 1370. The number of hydrogen-bond donors (Lipinski definition) is 10. The van der Waals surface area contributed by atoms with Crippen molar-refractivity contribution in [3.8, 4) is 0 Å². The molecule has 0 saturated carbocycles. The lowest BCUT2D eigenvalue weighted by Crippen LogP contribution is -2.60. The molecule has 17 heteroatoms. The number of primary amides is 1. The van der Waals surface area contributed by atoms with E-state index >= 15 is 0 Å². The van der Waals surface area contributed by atoms with Gasteiger partial charge in [-0.25, -0.2) is 4.98 Å². The van der Waals surface area contributed by atoms with Gasteiger partial charge < -0.3 is 54.9 Å². The monoisotopic (exact) mass is 684 g/mol. The lowest BCUT2D eigenvalue weighted by molar-refractivity contribution is -0.135. The molecule has 0 fully saturated rings. The zero-order chi connectivity index (χ0) is 36.3. The van der Waals surface area contributed by atoms with E-state index in [9.17, 15) is 24.0 Å². The van der Waals surface area contributed by atoms with Gasteiger partial charge in [0.25, 0.3) is 0 Å². The third-order valence-corrected chi connectivity index (χ3v) is 7.62. The van der Waals surface area contributed by atoms with Crippen LogP contribution in [0.5, 0.6) is 0 Å². The Morgan fingerprint density at radius 2 is 1.51 bits per heavy atom. The van der Waals surface area contributed by atoms with E-state index in [-0.39, 0.29) is 38.2 Å². The van der Waals surface area contributed by atoms with Gasteiger partial charge >= 0.3 is 0 Å². The molecular formula is C32H52N12O5. The zero-order valence-electron chi connectivity index (χ0n) is 28.2. The molecule has 5 amide bonds. The summed E-state index contributed by atoms with van der Waals surface area (Å²) < 4.78 is 0. The Balaban J connectivity index is 2.22. The maximum absolute atomic E-state index is 13.7. The maximum Gasteiger partial charge on any atom is 0.243 e. The fourth-order valence-corrected chi connectivity index (χ4v) is 4.97. The Morgan fingerprint density at radius 3 is 2.10 bits per heavy atom. The van der Waals surface area contributed by atoms with Crippen LogP contribution >= 0.6 is 0 Å². The highest BCUT2D eigenvalue weighted by molar-refractivity contribution is 5.95. The van der Waals surface area contributed by atoms with Gasteiger partial charge in [0.2, 0.25) is 29.5 Å². The number of aliphatic imine (C=N–C) groups is 1. The summed E-state index contributed by atoms with van der Waals surface area (Å²) in [5.74, 6) is -3.66. The summed E-state index contributed by atoms with van der Waals surface area (Å²) in [4.78, 5) is 76.7. The van der Waals surface area contributed by atoms with E-state index in [4.69, 9.17) is 28.7 Å². The number of benzene rings is 1. The summed E-state index contributed by atoms with van der Waals surface area (Å²) >= 11 is 0. The van der Waals surface area contributed by atoms with Crippen LogP contribution in [-0.4, -0.2) is 88.8 Å². The summed E-state index contributed by atoms with van der Waals surface area (Å²) in [7, 11) is 0. The summed E-state index contributed by atoms with van der Waals surface area (Å²) in [5, 5.41) is 10.8. The second-order valence-corrected chi connectivity index (χ2v) is 12.2. The molecule has 0 saturated heterocycles. The van der Waals surface area contributed by atoms with E-state index in [1.165, 1.54) is 12.5 Å². The van der Waals surface area contributed by atoms with Crippen LogP contribution < -0.4 is 49.9 Å². The number of aromatic nitrogens is 2. The van der Waals surface area contributed by atoms with Gasteiger partial charge in [0, 0.05) is 43.7 Å². The second-order valence-electron chi connectivity index (χ2n) is 12.2. The second kappa shape index (κ2) is 21.0. The first kappa shape index (κ1) is 40.1. The third-order valence-electron chi connectivity index (χ3n) is 7.62. The van der Waals surface area contributed by atoms with Crippen LogP contribution in [0.1, 0.15) is 57.2 Å². The SMILES string of the molecule is CC(C)[C@H](NC(=O)[C@H](CCCN=C(N)N)NC(=O)C[C@@H](N)CCCN)C(=O)N[C@@H](Cc1cnc[nH]1)C(=O)N[C@@H](Cc1ccccc1)C(N)=O. The highest BCUT2D eigenvalue weighted by Crippen LogP contribution is 2.09. The first-order valence-electron chi connectivity index (χ1n) is 16.3. The highest BCUT2D eigenvalue weighted by Gasteiger charge is 2.33. The van der Waals surface area contributed by atoms with Crippen molar-refractivity contribution in [2.75, 3.05) is 13.1 Å². The normalized spacial score (nSPS) is 14.1. The number of carbonyl (C=O) groups is 5. The molecule has 2 aromatic rings. The van der Waals surface area contributed by atoms with Crippen molar-refractivity contribution >= 4 is 35.5 Å². The van der Waals surface area contributed by atoms with Gasteiger partial charge in [-0.05, 0) is 43.7 Å². The largest absolute Gasteiger partial charge is 0.370 e. The molecule has 5 atom stereocenters. The third kappa shape index (κ3) is 15.2. The number of nitrogens with zero attached hydrogens (tertiary/aromatic N) is 2. The first-order valence-corrected chi connectivity index (χ1v) is 16.3. The molecule has 0 spiro atoms. The Labute approximate surface area is 286 Å². The zero-order valence-corrected chi connectivity index (χ0v) is 28.2.